The van der Waals surface area contributed by atoms with Gasteiger partial charge in [-0.05, 0) is 60.5 Å². The number of benzene rings is 1. The number of H-pyrrole nitrogens is 2. The highest BCUT2D eigenvalue weighted by molar-refractivity contribution is 5.95. The van der Waals surface area contributed by atoms with Crippen LogP contribution in [0.4, 0.5) is 0 Å². The van der Waals surface area contributed by atoms with Crippen LogP contribution in [-0.2, 0) is 0 Å². The molecule has 0 saturated heterocycles. The van der Waals surface area contributed by atoms with E-state index in [-0.39, 0.29) is 0 Å². The molecule has 0 unspecified atom stereocenters. The number of aromatic amines is 2. The molecule has 40 heavy (non-hydrogen) atoms. The van der Waals surface area contributed by atoms with Gasteiger partial charge >= 0.3 is 0 Å². The van der Waals surface area contributed by atoms with Gasteiger partial charge < -0.3 is 10.3 Å². The Bertz CT molecular complexity index is 1910. The van der Waals surface area contributed by atoms with Crippen LogP contribution in [0, 0.1) is 0 Å². The molecule has 0 spiro atoms. The average Bonchev–Trinajstić information content (AvgIpc) is 3.64. The maximum absolute atomic E-state index is 4.98. The Kier molecular flexibility index (Phi) is 6.56. The molecule has 5 heterocycles. The van der Waals surface area contributed by atoms with Crippen LogP contribution in [0.15, 0.2) is 116 Å². The number of hydrogen-bond acceptors (Lipinski definition) is 6. The molecule has 1 aromatic carbocycles. The fourth-order valence-electron chi connectivity index (χ4n) is 4.49. The van der Waals surface area contributed by atoms with Gasteiger partial charge in [-0.2, -0.15) is 5.10 Å². The second kappa shape index (κ2) is 10.6. The maximum Gasteiger partial charge on any atom is 0.161 e. The molecule has 0 radical (unpaired) electrons. The third-order valence-electron chi connectivity index (χ3n) is 6.52. The number of hydrogen-bond donors (Lipinski definition) is 3. The number of aromatic nitrogens is 7. The molecule has 0 bridgehead atoms. The lowest BCUT2D eigenvalue weighted by Gasteiger charge is -2.12. The molecule has 8 heteroatoms. The highest BCUT2D eigenvalue weighted by atomic mass is 15.2. The smallest absolute Gasteiger partial charge is 0.161 e. The Hall–Kier alpha value is -5.63. The van der Waals surface area contributed by atoms with E-state index in [1.54, 1.807) is 24.7 Å². The highest BCUT2D eigenvalue weighted by Gasteiger charge is 2.17. The Morgan fingerprint density at radius 1 is 0.900 bits per heavy atom. The van der Waals surface area contributed by atoms with Gasteiger partial charge in [0, 0.05) is 35.5 Å². The molecule has 0 aliphatic rings. The van der Waals surface area contributed by atoms with Gasteiger partial charge in [-0.1, -0.05) is 49.6 Å². The molecule has 3 N–H and O–H groups in total. The normalized spacial score (nSPS) is 12.1. The summed E-state index contributed by atoms with van der Waals surface area (Å²) in [5.41, 5.74) is 9.71. The van der Waals surface area contributed by atoms with Crippen molar-refractivity contribution in [3.8, 4) is 22.8 Å². The fraction of sp³-hybridized carbons (Fsp3) is 0.0312. The van der Waals surface area contributed by atoms with Crippen molar-refractivity contribution in [2.45, 2.75) is 6.92 Å². The minimum Gasteiger partial charge on any atom is -0.356 e. The van der Waals surface area contributed by atoms with E-state index in [4.69, 9.17) is 9.97 Å². The molecule has 194 valence electrons. The van der Waals surface area contributed by atoms with Crippen LogP contribution in [0.3, 0.4) is 0 Å². The Labute approximate surface area is 231 Å². The number of rotatable bonds is 8. The second-order valence-corrected chi connectivity index (χ2v) is 9.07. The summed E-state index contributed by atoms with van der Waals surface area (Å²) in [6.45, 7) is 10.1. The molecule has 8 nitrogen and oxygen atoms in total. The van der Waals surface area contributed by atoms with E-state index < -0.39 is 0 Å². The molecule has 0 aliphatic heterocycles. The second-order valence-electron chi connectivity index (χ2n) is 9.07. The first-order chi connectivity index (χ1) is 19.6. The lowest BCUT2D eigenvalue weighted by atomic mass is 10.1. The van der Waals surface area contributed by atoms with Crippen LogP contribution in [0.5, 0.6) is 0 Å². The van der Waals surface area contributed by atoms with E-state index in [2.05, 4.69) is 43.6 Å². The molecule has 0 atom stereocenters. The third kappa shape index (κ3) is 4.69. The van der Waals surface area contributed by atoms with Gasteiger partial charge in [0.15, 0.2) is 11.5 Å². The summed E-state index contributed by atoms with van der Waals surface area (Å²) in [5, 5.41) is 11.0. The monoisotopic (exact) mass is 522 g/mol. The van der Waals surface area contributed by atoms with Crippen molar-refractivity contribution in [1.82, 2.24) is 40.4 Å². The molecular weight excluding hydrogens is 496 g/mol. The first-order valence-electron chi connectivity index (χ1n) is 12.8. The number of allylic oxidation sites excluding steroid dienone is 4. The van der Waals surface area contributed by atoms with E-state index in [0.29, 0.717) is 17.0 Å². The van der Waals surface area contributed by atoms with Gasteiger partial charge in [-0.15, -0.1) is 0 Å². The van der Waals surface area contributed by atoms with Crippen molar-refractivity contribution >= 4 is 33.3 Å². The first-order valence-corrected chi connectivity index (χ1v) is 12.8. The number of fused-ring (bicyclic) bond motifs is 2. The lowest BCUT2D eigenvalue weighted by Crippen LogP contribution is -2.09. The predicted octanol–water partition coefficient (Wildman–Crippen LogP) is 6.69. The van der Waals surface area contributed by atoms with E-state index >= 15 is 0 Å². The molecule has 0 aliphatic carbocycles. The predicted molar refractivity (Wildman–Crippen MR) is 161 cm³/mol. The van der Waals surface area contributed by atoms with E-state index in [1.807, 2.05) is 79.7 Å². The minimum absolute atomic E-state index is 0.606. The van der Waals surface area contributed by atoms with E-state index in [9.17, 15) is 0 Å². The van der Waals surface area contributed by atoms with Crippen LogP contribution in [0.25, 0.3) is 56.1 Å². The topological polar surface area (TPSA) is 108 Å². The largest absolute Gasteiger partial charge is 0.356 e. The Morgan fingerprint density at radius 3 is 2.52 bits per heavy atom. The summed E-state index contributed by atoms with van der Waals surface area (Å²) in [6.07, 6.45) is 11.1. The SMILES string of the molecule is C=C/C(=C\C(=C/C)c1ccc2[nH]nc(-c3nc4c(-c5cccnc5)nccc4[nH]3)c2n1)NC(=C)c1ccccc1. The number of imidazole rings is 1. The molecule has 0 amide bonds. The highest BCUT2D eigenvalue weighted by Crippen LogP contribution is 2.30. The van der Waals surface area contributed by atoms with Gasteiger partial charge in [0.05, 0.1) is 22.4 Å². The summed E-state index contributed by atoms with van der Waals surface area (Å²) in [7, 11) is 0. The van der Waals surface area contributed by atoms with Crippen molar-refractivity contribution in [3.63, 3.8) is 0 Å². The van der Waals surface area contributed by atoms with Crippen LogP contribution >= 0.6 is 0 Å². The zero-order valence-corrected chi connectivity index (χ0v) is 21.9. The van der Waals surface area contributed by atoms with Crippen molar-refractivity contribution in [3.05, 3.63) is 128 Å². The first kappa shape index (κ1) is 24.7. The van der Waals surface area contributed by atoms with Crippen LogP contribution in [0.1, 0.15) is 18.2 Å². The summed E-state index contributed by atoms with van der Waals surface area (Å²) >= 11 is 0. The maximum atomic E-state index is 4.98. The van der Waals surface area contributed by atoms with Gasteiger partial charge in [0.2, 0.25) is 0 Å². The van der Waals surface area contributed by atoms with Gasteiger partial charge in [0.25, 0.3) is 0 Å². The van der Waals surface area contributed by atoms with Crippen molar-refractivity contribution in [2.75, 3.05) is 0 Å². The van der Waals surface area contributed by atoms with Gasteiger partial charge in [0.1, 0.15) is 11.0 Å². The molecule has 6 rings (SSSR count). The van der Waals surface area contributed by atoms with Crippen molar-refractivity contribution < 1.29 is 0 Å². The van der Waals surface area contributed by atoms with Gasteiger partial charge in [-0.25, -0.2) is 9.97 Å². The van der Waals surface area contributed by atoms with Crippen LogP contribution < -0.4 is 5.32 Å². The molecular formula is C32H26N8. The summed E-state index contributed by atoms with van der Waals surface area (Å²) < 4.78 is 0. The lowest BCUT2D eigenvalue weighted by molar-refractivity contribution is 1.10. The van der Waals surface area contributed by atoms with E-state index in [0.717, 1.165) is 56.0 Å². The third-order valence-corrected chi connectivity index (χ3v) is 6.52. The fourth-order valence-corrected chi connectivity index (χ4v) is 4.49. The zero-order chi connectivity index (χ0) is 27.5. The average molecular weight is 523 g/mol. The molecule has 5 aromatic heterocycles. The standard InChI is InChI=1S/C32H26N8/c1-4-21(18-24(5-2)35-20(3)22-10-7-6-8-11-22)25-13-14-27-30(36-25)31(40-39-27)32-37-26-15-17-34-28(29(26)38-32)23-12-9-16-33-19-23/h4-19,35H,2-3H2,1H3,(H,37,38)(H,39,40)/b21-4+,24-18+. The van der Waals surface area contributed by atoms with Crippen LogP contribution in [0.2, 0.25) is 0 Å². The Morgan fingerprint density at radius 2 is 1.75 bits per heavy atom. The van der Waals surface area contributed by atoms with Crippen molar-refractivity contribution in [1.29, 1.82) is 0 Å². The molecule has 0 saturated carbocycles. The number of pyridine rings is 3. The van der Waals surface area contributed by atoms with Gasteiger partial charge in [-0.3, -0.25) is 15.1 Å². The van der Waals surface area contributed by atoms with E-state index in [1.165, 1.54) is 0 Å². The van der Waals surface area contributed by atoms with Crippen LogP contribution in [-0.4, -0.2) is 35.1 Å². The summed E-state index contributed by atoms with van der Waals surface area (Å²) in [5.74, 6) is 0.606. The zero-order valence-electron chi connectivity index (χ0n) is 21.9. The molecule has 6 aromatic rings. The summed E-state index contributed by atoms with van der Waals surface area (Å²) in [6, 6.07) is 19.7. The van der Waals surface area contributed by atoms with Crippen molar-refractivity contribution in [2.24, 2.45) is 0 Å². The number of nitrogens with one attached hydrogen (secondary N) is 3. The number of nitrogens with zero attached hydrogens (tertiary/aromatic N) is 5. The minimum atomic E-state index is 0.606. The quantitative estimate of drug-likeness (QED) is 0.192. The molecule has 0 fully saturated rings. The summed E-state index contributed by atoms with van der Waals surface area (Å²) in [4.78, 5) is 22.0. The Balaban J connectivity index is 1.36.